The van der Waals surface area contributed by atoms with Gasteiger partial charge in [0.25, 0.3) is 0 Å². The summed E-state index contributed by atoms with van der Waals surface area (Å²) in [5.41, 5.74) is 0.354. The Labute approximate surface area is 94.2 Å². The van der Waals surface area contributed by atoms with Crippen molar-refractivity contribution in [3.05, 3.63) is 23.8 Å². The molecule has 3 nitrogen and oxygen atoms in total. The largest absolute Gasteiger partial charge is 0.573 e. The minimum absolute atomic E-state index is 0.0592. The fraction of sp³-hybridized carbons (Fsp3) is 0.222. The first-order chi connectivity index (χ1) is 7.28. The maximum absolute atomic E-state index is 11.9. The van der Waals surface area contributed by atoms with Crippen molar-refractivity contribution in [2.24, 2.45) is 0 Å². The zero-order valence-electron chi connectivity index (χ0n) is 7.78. The number of alkyl halides is 3. The van der Waals surface area contributed by atoms with Gasteiger partial charge in [0, 0.05) is 4.90 Å². The van der Waals surface area contributed by atoms with Gasteiger partial charge in [-0.05, 0) is 17.7 Å². The summed E-state index contributed by atoms with van der Waals surface area (Å²) >= 11 is 3.78. The van der Waals surface area contributed by atoms with Crippen molar-refractivity contribution in [1.82, 2.24) is 0 Å². The first kappa shape index (κ1) is 12.7. The van der Waals surface area contributed by atoms with Gasteiger partial charge in [-0.15, -0.1) is 25.8 Å². The molecular weight excluding hydrogens is 245 g/mol. The molecule has 0 saturated heterocycles. The molecule has 7 heteroatoms. The molecule has 1 aromatic carbocycles. The van der Waals surface area contributed by atoms with Crippen LogP contribution in [0, 0.1) is 0 Å². The van der Waals surface area contributed by atoms with E-state index in [0.29, 0.717) is 5.56 Å². The SMILES string of the molecule is O=C(O)Cc1ccc(OC(F)(F)F)c(S)c1. The van der Waals surface area contributed by atoms with E-state index in [-0.39, 0.29) is 11.3 Å². The second-order valence-electron chi connectivity index (χ2n) is 2.92. The van der Waals surface area contributed by atoms with Gasteiger partial charge in [0.1, 0.15) is 5.75 Å². The van der Waals surface area contributed by atoms with Gasteiger partial charge in [0.05, 0.1) is 6.42 Å². The number of thiol groups is 1. The average molecular weight is 252 g/mol. The van der Waals surface area contributed by atoms with Crippen LogP contribution in [0.15, 0.2) is 23.1 Å². The van der Waals surface area contributed by atoms with Crippen LogP contribution < -0.4 is 4.74 Å². The number of hydrogen-bond donors (Lipinski definition) is 2. The zero-order valence-corrected chi connectivity index (χ0v) is 8.68. The molecule has 0 aliphatic rings. The van der Waals surface area contributed by atoms with E-state index in [1.54, 1.807) is 0 Å². The van der Waals surface area contributed by atoms with E-state index in [9.17, 15) is 18.0 Å². The minimum Gasteiger partial charge on any atom is -0.481 e. The van der Waals surface area contributed by atoms with Crippen LogP contribution in [0.2, 0.25) is 0 Å². The Kier molecular flexibility index (Phi) is 3.69. The summed E-state index contributed by atoms with van der Waals surface area (Å²) in [6.45, 7) is 0. The molecule has 0 amide bonds. The molecule has 0 radical (unpaired) electrons. The van der Waals surface area contributed by atoms with Crippen LogP contribution in [0.4, 0.5) is 13.2 Å². The highest BCUT2D eigenvalue weighted by atomic mass is 32.1. The van der Waals surface area contributed by atoms with Crippen molar-refractivity contribution in [2.45, 2.75) is 17.7 Å². The lowest BCUT2D eigenvalue weighted by Crippen LogP contribution is -2.17. The molecular formula is C9H7F3O3S. The first-order valence-corrected chi connectivity index (χ1v) is 4.52. The zero-order chi connectivity index (χ0) is 12.3. The predicted octanol–water partition coefficient (Wildman–Crippen LogP) is 2.50. The molecule has 0 spiro atoms. The summed E-state index contributed by atoms with van der Waals surface area (Å²) in [4.78, 5) is 10.3. The first-order valence-electron chi connectivity index (χ1n) is 4.07. The third-order valence-electron chi connectivity index (χ3n) is 1.60. The van der Waals surface area contributed by atoms with E-state index in [2.05, 4.69) is 17.4 Å². The van der Waals surface area contributed by atoms with Crippen molar-refractivity contribution >= 4 is 18.6 Å². The Balaban J connectivity index is 2.87. The van der Waals surface area contributed by atoms with E-state index in [1.807, 2.05) is 0 Å². The molecule has 16 heavy (non-hydrogen) atoms. The van der Waals surface area contributed by atoms with E-state index in [0.717, 1.165) is 6.07 Å². The molecule has 1 rings (SSSR count). The van der Waals surface area contributed by atoms with Gasteiger partial charge in [-0.25, -0.2) is 0 Å². The van der Waals surface area contributed by atoms with Gasteiger partial charge < -0.3 is 9.84 Å². The molecule has 0 aliphatic carbocycles. The van der Waals surface area contributed by atoms with Crippen molar-refractivity contribution in [1.29, 1.82) is 0 Å². The van der Waals surface area contributed by atoms with Gasteiger partial charge in [0.15, 0.2) is 0 Å². The molecule has 0 aromatic heterocycles. The number of hydrogen-bond acceptors (Lipinski definition) is 3. The fourth-order valence-electron chi connectivity index (χ4n) is 1.06. The molecule has 0 heterocycles. The molecule has 0 unspecified atom stereocenters. The lowest BCUT2D eigenvalue weighted by molar-refractivity contribution is -0.275. The van der Waals surface area contributed by atoms with Crippen molar-refractivity contribution in [3.8, 4) is 5.75 Å². The summed E-state index contributed by atoms with van der Waals surface area (Å²) in [6.07, 6.45) is -5.06. The van der Waals surface area contributed by atoms with E-state index < -0.39 is 18.1 Å². The topological polar surface area (TPSA) is 46.5 Å². The molecule has 0 bridgehead atoms. The number of aliphatic carboxylic acids is 1. The third-order valence-corrected chi connectivity index (χ3v) is 1.95. The average Bonchev–Trinajstić information content (AvgIpc) is 2.06. The van der Waals surface area contributed by atoms with Crippen molar-refractivity contribution in [3.63, 3.8) is 0 Å². The number of carboxylic acid groups (broad SMARTS) is 1. The summed E-state index contributed by atoms with van der Waals surface area (Å²) in [6, 6.07) is 3.50. The van der Waals surface area contributed by atoms with Crippen LogP contribution in [-0.4, -0.2) is 17.4 Å². The second-order valence-corrected chi connectivity index (χ2v) is 3.40. The van der Waals surface area contributed by atoms with Crippen molar-refractivity contribution in [2.75, 3.05) is 0 Å². The standard InChI is InChI=1S/C9H7F3O3S/c10-9(11,12)15-6-2-1-5(3-7(6)16)4-8(13)14/h1-3,16H,4H2,(H,13,14). The number of carboxylic acids is 1. The maximum Gasteiger partial charge on any atom is 0.573 e. The molecule has 0 saturated carbocycles. The van der Waals surface area contributed by atoms with Crippen LogP contribution in [0.3, 0.4) is 0 Å². The highest BCUT2D eigenvalue weighted by Gasteiger charge is 2.31. The van der Waals surface area contributed by atoms with Gasteiger partial charge in [-0.3, -0.25) is 4.79 Å². The van der Waals surface area contributed by atoms with Crippen LogP contribution in [0.1, 0.15) is 5.56 Å². The van der Waals surface area contributed by atoms with Crippen LogP contribution >= 0.6 is 12.6 Å². The molecule has 88 valence electrons. The van der Waals surface area contributed by atoms with Gasteiger partial charge in [0.2, 0.25) is 0 Å². The Morgan fingerprint density at radius 2 is 2.06 bits per heavy atom. The van der Waals surface area contributed by atoms with Gasteiger partial charge >= 0.3 is 12.3 Å². The van der Waals surface area contributed by atoms with E-state index >= 15 is 0 Å². The maximum atomic E-state index is 11.9. The smallest absolute Gasteiger partial charge is 0.481 e. The summed E-state index contributed by atoms with van der Waals surface area (Å²) in [5, 5.41) is 8.48. The van der Waals surface area contributed by atoms with Crippen LogP contribution in [-0.2, 0) is 11.2 Å². The van der Waals surface area contributed by atoms with Gasteiger partial charge in [-0.2, -0.15) is 0 Å². The Morgan fingerprint density at radius 1 is 1.44 bits per heavy atom. The molecule has 0 aliphatic heterocycles. The normalized spacial score (nSPS) is 11.2. The summed E-state index contributed by atoms with van der Waals surface area (Å²) in [5.74, 6) is -1.53. The Hall–Kier alpha value is -1.37. The number of rotatable bonds is 3. The van der Waals surface area contributed by atoms with Crippen LogP contribution in [0.25, 0.3) is 0 Å². The number of carbonyl (C=O) groups is 1. The molecule has 0 fully saturated rings. The van der Waals surface area contributed by atoms with Gasteiger partial charge in [-0.1, -0.05) is 6.07 Å². The number of halogens is 3. The lowest BCUT2D eigenvalue weighted by Gasteiger charge is -2.11. The Bertz CT molecular complexity index is 403. The van der Waals surface area contributed by atoms with E-state index in [1.165, 1.54) is 12.1 Å². The van der Waals surface area contributed by atoms with Crippen LogP contribution in [0.5, 0.6) is 5.75 Å². The number of ether oxygens (including phenoxy) is 1. The summed E-state index contributed by atoms with van der Waals surface area (Å²) in [7, 11) is 0. The highest BCUT2D eigenvalue weighted by Crippen LogP contribution is 2.29. The highest BCUT2D eigenvalue weighted by molar-refractivity contribution is 7.80. The quantitative estimate of drug-likeness (QED) is 0.812. The Morgan fingerprint density at radius 3 is 2.50 bits per heavy atom. The second kappa shape index (κ2) is 4.65. The van der Waals surface area contributed by atoms with Crippen molar-refractivity contribution < 1.29 is 27.8 Å². The molecule has 1 aromatic rings. The lowest BCUT2D eigenvalue weighted by atomic mass is 10.1. The fourth-order valence-corrected chi connectivity index (χ4v) is 1.34. The monoisotopic (exact) mass is 252 g/mol. The van der Waals surface area contributed by atoms with E-state index in [4.69, 9.17) is 5.11 Å². The number of benzene rings is 1. The third kappa shape index (κ3) is 4.01. The molecule has 1 N–H and O–H groups in total. The minimum atomic E-state index is -4.79. The molecule has 0 atom stereocenters. The predicted molar refractivity (Wildman–Crippen MR) is 51.7 cm³/mol. The summed E-state index contributed by atoms with van der Waals surface area (Å²) < 4.78 is 39.3.